The predicted molar refractivity (Wildman–Crippen MR) is 106 cm³/mol. The average Bonchev–Trinajstić information content (AvgIpc) is 2.69. The predicted octanol–water partition coefficient (Wildman–Crippen LogP) is 0.335. The Morgan fingerprint density at radius 3 is 2.71 bits per heavy atom. The number of ether oxygens (including phenoxy) is 1. The fraction of sp³-hybridized carbons (Fsp3) is 0.579. The molecule has 0 aromatic carbocycles. The molecule has 0 bridgehead atoms. The maximum Gasteiger partial charge on any atom is 0.329 e. The van der Waals surface area contributed by atoms with E-state index in [9.17, 15) is 14.4 Å². The van der Waals surface area contributed by atoms with Crippen molar-refractivity contribution >= 4 is 16.9 Å². The molecular weight excluding hydrogens is 362 g/mol. The van der Waals surface area contributed by atoms with E-state index in [1.54, 1.807) is 0 Å². The molecule has 3 heterocycles. The van der Waals surface area contributed by atoms with E-state index in [4.69, 9.17) is 4.74 Å². The lowest BCUT2D eigenvalue weighted by atomic mass is 10.0. The van der Waals surface area contributed by atoms with E-state index in [1.165, 1.54) is 16.8 Å². The molecule has 0 saturated carbocycles. The lowest BCUT2D eigenvalue weighted by molar-refractivity contribution is -0.00923. The summed E-state index contributed by atoms with van der Waals surface area (Å²) < 4.78 is 6.80. The Morgan fingerprint density at radius 2 is 2.04 bits per heavy atom. The summed E-state index contributed by atoms with van der Waals surface area (Å²) in [7, 11) is 0. The van der Waals surface area contributed by atoms with E-state index < -0.39 is 11.2 Å². The highest BCUT2D eigenvalue weighted by molar-refractivity contribution is 5.96. The van der Waals surface area contributed by atoms with Gasteiger partial charge in [-0.3, -0.25) is 24.0 Å². The minimum Gasteiger partial charge on any atom is -0.379 e. The van der Waals surface area contributed by atoms with Gasteiger partial charge in [-0.25, -0.2) is 9.78 Å². The van der Waals surface area contributed by atoms with Crippen molar-refractivity contribution in [2.75, 3.05) is 32.8 Å². The lowest BCUT2D eigenvalue weighted by Crippen LogP contribution is -2.55. The van der Waals surface area contributed by atoms with Gasteiger partial charge in [-0.15, -0.1) is 0 Å². The number of hydrogen-bond donors (Lipinski definition) is 2. The van der Waals surface area contributed by atoms with Crippen LogP contribution in [0.3, 0.4) is 0 Å². The number of pyridine rings is 1. The highest BCUT2D eigenvalue weighted by Gasteiger charge is 2.28. The van der Waals surface area contributed by atoms with Gasteiger partial charge in [-0.05, 0) is 26.3 Å². The van der Waals surface area contributed by atoms with Gasteiger partial charge in [0, 0.05) is 37.9 Å². The summed E-state index contributed by atoms with van der Waals surface area (Å²) >= 11 is 0. The van der Waals surface area contributed by atoms with Gasteiger partial charge in [0.1, 0.15) is 5.65 Å². The first-order valence-corrected chi connectivity index (χ1v) is 9.57. The Hall–Kier alpha value is -2.52. The minimum atomic E-state index is -0.539. The molecule has 1 aliphatic rings. The third kappa shape index (κ3) is 4.15. The van der Waals surface area contributed by atoms with Crippen molar-refractivity contribution in [1.82, 2.24) is 24.8 Å². The number of rotatable bonds is 6. The van der Waals surface area contributed by atoms with Crippen molar-refractivity contribution < 1.29 is 9.53 Å². The van der Waals surface area contributed by atoms with Gasteiger partial charge < -0.3 is 10.1 Å². The number of nitrogens with zero attached hydrogens (tertiary/aromatic N) is 3. The normalized spacial score (nSPS) is 15.7. The van der Waals surface area contributed by atoms with Crippen molar-refractivity contribution in [3.8, 4) is 0 Å². The number of hydrogen-bond acceptors (Lipinski definition) is 6. The molecule has 0 radical (unpaired) electrons. The van der Waals surface area contributed by atoms with Gasteiger partial charge in [0.05, 0.1) is 24.2 Å². The van der Waals surface area contributed by atoms with Crippen molar-refractivity contribution in [3.05, 3.63) is 38.7 Å². The van der Waals surface area contributed by atoms with Crippen LogP contribution in [0.4, 0.5) is 0 Å². The first-order valence-electron chi connectivity index (χ1n) is 9.57. The first-order chi connectivity index (χ1) is 13.3. The second-order valence-electron chi connectivity index (χ2n) is 7.60. The number of fused-ring (bicyclic) bond motifs is 1. The summed E-state index contributed by atoms with van der Waals surface area (Å²) in [5, 5.41) is 3.16. The van der Waals surface area contributed by atoms with Crippen LogP contribution in [-0.4, -0.2) is 63.7 Å². The van der Waals surface area contributed by atoms with Crippen LogP contribution in [0.5, 0.6) is 0 Å². The Morgan fingerprint density at radius 1 is 1.32 bits per heavy atom. The summed E-state index contributed by atoms with van der Waals surface area (Å²) in [4.78, 5) is 45.6. The molecule has 152 valence electrons. The Labute approximate surface area is 162 Å². The van der Waals surface area contributed by atoms with Crippen LogP contribution in [0.25, 0.3) is 11.0 Å². The van der Waals surface area contributed by atoms with Gasteiger partial charge in [0.25, 0.3) is 11.5 Å². The van der Waals surface area contributed by atoms with Gasteiger partial charge in [-0.1, -0.05) is 6.92 Å². The maximum absolute atomic E-state index is 12.6. The molecule has 3 rings (SSSR count). The zero-order valence-corrected chi connectivity index (χ0v) is 16.6. The number of aryl methyl sites for hydroxylation is 1. The van der Waals surface area contributed by atoms with E-state index >= 15 is 0 Å². The third-order valence-corrected chi connectivity index (χ3v) is 5.09. The number of nitrogens with one attached hydrogen (secondary N) is 2. The van der Waals surface area contributed by atoms with Crippen molar-refractivity contribution in [1.29, 1.82) is 0 Å². The Kier molecular flexibility index (Phi) is 5.95. The van der Waals surface area contributed by atoms with Crippen molar-refractivity contribution in [2.24, 2.45) is 0 Å². The standard InChI is InChI=1S/C19H27N5O4/c1-4-5-24-15-14(17(26)22-18(24)27)10-13(11-20-15)16(25)21-12-19(2,3)23-6-8-28-9-7-23/h10-11H,4-9,12H2,1-3H3,(H,21,25)(H,22,26,27). The summed E-state index contributed by atoms with van der Waals surface area (Å²) in [5.41, 5.74) is -0.666. The van der Waals surface area contributed by atoms with Gasteiger partial charge in [-0.2, -0.15) is 0 Å². The van der Waals surface area contributed by atoms with Crippen LogP contribution in [0, 0.1) is 0 Å². The van der Waals surface area contributed by atoms with Crippen LogP contribution in [0.1, 0.15) is 37.6 Å². The largest absolute Gasteiger partial charge is 0.379 e. The molecule has 1 aliphatic heterocycles. The van der Waals surface area contributed by atoms with E-state index in [0.717, 1.165) is 19.5 Å². The maximum atomic E-state index is 12.6. The molecule has 9 heteroatoms. The molecule has 0 atom stereocenters. The van der Waals surface area contributed by atoms with Gasteiger partial charge in [0.2, 0.25) is 0 Å². The quantitative estimate of drug-likeness (QED) is 0.737. The topological polar surface area (TPSA) is 109 Å². The van der Waals surface area contributed by atoms with E-state index in [1.807, 2.05) is 6.92 Å². The van der Waals surface area contributed by atoms with Crippen molar-refractivity contribution in [2.45, 2.75) is 39.3 Å². The second kappa shape index (κ2) is 8.24. The highest BCUT2D eigenvalue weighted by Crippen LogP contribution is 2.15. The molecular formula is C19H27N5O4. The highest BCUT2D eigenvalue weighted by atomic mass is 16.5. The van der Waals surface area contributed by atoms with Gasteiger partial charge >= 0.3 is 5.69 Å². The van der Waals surface area contributed by atoms with Gasteiger partial charge in [0.15, 0.2) is 0 Å². The van der Waals surface area contributed by atoms with Crippen LogP contribution in [-0.2, 0) is 11.3 Å². The molecule has 0 unspecified atom stereocenters. The number of aromatic amines is 1. The number of aromatic nitrogens is 3. The van der Waals surface area contributed by atoms with E-state index in [-0.39, 0.29) is 22.4 Å². The molecule has 1 amide bonds. The molecule has 2 aromatic rings. The minimum absolute atomic E-state index is 0.219. The molecule has 2 aromatic heterocycles. The Bertz CT molecular complexity index is 972. The lowest BCUT2D eigenvalue weighted by Gasteiger charge is -2.40. The smallest absolute Gasteiger partial charge is 0.329 e. The molecule has 0 aliphatic carbocycles. The second-order valence-corrected chi connectivity index (χ2v) is 7.60. The molecule has 1 saturated heterocycles. The Balaban J connectivity index is 1.80. The zero-order chi connectivity index (χ0) is 20.3. The van der Waals surface area contributed by atoms with Crippen molar-refractivity contribution in [3.63, 3.8) is 0 Å². The number of amides is 1. The summed E-state index contributed by atoms with van der Waals surface area (Å²) in [6.45, 7) is 10.0. The molecule has 9 nitrogen and oxygen atoms in total. The van der Waals surface area contributed by atoms with Crippen LogP contribution in [0.15, 0.2) is 21.9 Å². The van der Waals surface area contributed by atoms with E-state index in [2.05, 4.69) is 34.0 Å². The first kappa shape index (κ1) is 20.2. The van der Waals surface area contributed by atoms with Crippen LogP contribution >= 0.6 is 0 Å². The van der Waals surface area contributed by atoms with E-state index in [0.29, 0.717) is 32.0 Å². The average molecular weight is 389 g/mol. The van der Waals surface area contributed by atoms with Crippen LogP contribution < -0.4 is 16.6 Å². The third-order valence-electron chi connectivity index (χ3n) is 5.09. The fourth-order valence-corrected chi connectivity index (χ4v) is 3.40. The summed E-state index contributed by atoms with van der Waals surface area (Å²) in [6, 6.07) is 1.49. The molecule has 2 N–H and O–H groups in total. The monoisotopic (exact) mass is 389 g/mol. The zero-order valence-electron chi connectivity index (χ0n) is 16.6. The molecule has 0 spiro atoms. The fourth-order valence-electron chi connectivity index (χ4n) is 3.40. The van der Waals surface area contributed by atoms with Crippen LogP contribution in [0.2, 0.25) is 0 Å². The molecule has 1 fully saturated rings. The molecule has 28 heavy (non-hydrogen) atoms. The number of H-pyrrole nitrogens is 1. The number of carbonyl (C=O) groups excluding carboxylic acids is 1. The SMILES string of the molecule is CCCn1c(=O)[nH]c(=O)c2cc(C(=O)NCC(C)(C)N3CCOCC3)cnc21. The summed E-state index contributed by atoms with van der Waals surface area (Å²) in [6.07, 6.45) is 2.13. The number of morpholine rings is 1. The number of carbonyl (C=O) groups is 1. The summed E-state index contributed by atoms with van der Waals surface area (Å²) in [5.74, 6) is -0.302.